The van der Waals surface area contributed by atoms with Crippen LogP contribution in [0.1, 0.15) is 11.1 Å². The second kappa shape index (κ2) is 5.13. The van der Waals surface area contributed by atoms with Crippen LogP contribution in [-0.2, 0) is 12.7 Å². The number of halogens is 3. The van der Waals surface area contributed by atoms with Crippen LogP contribution in [-0.4, -0.2) is 9.97 Å². The zero-order valence-electron chi connectivity index (χ0n) is 9.78. The predicted molar refractivity (Wildman–Crippen MR) is 65.2 cm³/mol. The predicted octanol–water partition coefficient (Wildman–Crippen LogP) is 2.69. The summed E-state index contributed by atoms with van der Waals surface area (Å²) in [6, 6.07) is 6.84. The van der Waals surface area contributed by atoms with Crippen molar-refractivity contribution in [2.24, 2.45) is 0 Å². The molecule has 7 heteroatoms. The molecule has 0 aliphatic rings. The van der Waals surface area contributed by atoms with Crippen molar-refractivity contribution >= 4 is 11.8 Å². The molecule has 0 spiro atoms. The number of hydrogen-bond donors (Lipinski definition) is 2. The van der Waals surface area contributed by atoms with Crippen molar-refractivity contribution < 1.29 is 13.2 Å². The first kappa shape index (κ1) is 13.1. The lowest BCUT2D eigenvalue weighted by Gasteiger charge is -2.13. The molecule has 1 heterocycles. The molecule has 0 saturated heterocycles. The van der Waals surface area contributed by atoms with Gasteiger partial charge >= 0.3 is 6.18 Å². The van der Waals surface area contributed by atoms with Crippen LogP contribution in [0.2, 0.25) is 0 Å². The number of hydrogen-bond acceptors (Lipinski definition) is 4. The normalized spacial score (nSPS) is 11.3. The van der Waals surface area contributed by atoms with Crippen LogP contribution < -0.4 is 11.1 Å². The number of benzene rings is 1. The Morgan fingerprint density at radius 1 is 1.16 bits per heavy atom. The van der Waals surface area contributed by atoms with Gasteiger partial charge in [0.15, 0.2) is 0 Å². The van der Waals surface area contributed by atoms with Crippen molar-refractivity contribution in [3.05, 3.63) is 47.7 Å². The third kappa shape index (κ3) is 3.34. The summed E-state index contributed by atoms with van der Waals surface area (Å²) in [5.41, 5.74) is 4.91. The van der Waals surface area contributed by atoms with E-state index >= 15 is 0 Å². The van der Waals surface area contributed by atoms with Crippen LogP contribution in [0.3, 0.4) is 0 Å². The summed E-state index contributed by atoms with van der Waals surface area (Å²) in [4.78, 5) is 7.72. The van der Waals surface area contributed by atoms with E-state index in [0.29, 0.717) is 0 Å². The second-order valence-electron chi connectivity index (χ2n) is 3.81. The Morgan fingerprint density at radius 2 is 1.89 bits per heavy atom. The van der Waals surface area contributed by atoms with Gasteiger partial charge in [0.1, 0.15) is 5.82 Å². The first-order chi connectivity index (χ1) is 8.97. The molecule has 1 aromatic heterocycles. The highest BCUT2D eigenvalue weighted by molar-refractivity contribution is 5.37. The maximum atomic E-state index is 12.8. The zero-order valence-corrected chi connectivity index (χ0v) is 9.78. The van der Waals surface area contributed by atoms with E-state index in [2.05, 4.69) is 15.3 Å². The highest BCUT2D eigenvalue weighted by Crippen LogP contribution is 2.31. The van der Waals surface area contributed by atoms with Gasteiger partial charge in [-0.15, -0.1) is 0 Å². The third-order valence-electron chi connectivity index (χ3n) is 2.44. The summed E-state index contributed by atoms with van der Waals surface area (Å²) in [7, 11) is 0. The van der Waals surface area contributed by atoms with E-state index < -0.39 is 11.7 Å². The second-order valence-corrected chi connectivity index (χ2v) is 3.81. The van der Waals surface area contributed by atoms with Crippen LogP contribution in [0.4, 0.5) is 24.9 Å². The number of anilines is 2. The van der Waals surface area contributed by atoms with Crippen LogP contribution in [0.5, 0.6) is 0 Å². The molecule has 0 unspecified atom stereocenters. The van der Waals surface area contributed by atoms with Gasteiger partial charge in [-0.3, -0.25) is 0 Å². The Kier molecular flexibility index (Phi) is 3.55. The lowest BCUT2D eigenvalue weighted by molar-refractivity contribution is -0.138. The Labute approximate surface area is 107 Å². The van der Waals surface area contributed by atoms with Gasteiger partial charge < -0.3 is 11.1 Å². The van der Waals surface area contributed by atoms with Crippen LogP contribution >= 0.6 is 0 Å². The van der Waals surface area contributed by atoms with E-state index in [1.165, 1.54) is 24.4 Å². The molecule has 0 fully saturated rings. The molecular weight excluding hydrogens is 257 g/mol. The van der Waals surface area contributed by atoms with Crippen molar-refractivity contribution in [1.82, 2.24) is 9.97 Å². The summed E-state index contributed by atoms with van der Waals surface area (Å²) in [5.74, 6) is 0.443. The summed E-state index contributed by atoms with van der Waals surface area (Å²) in [5, 5.41) is 2.71. The maximum absolute atomic E-state index is 12.8. The van der Waals surface area contributed by atoms with Crippen LogP contribution in [0.25, 0.3) is 0 Å². The number of nitrogens with zero attached hydrogens (tertiary/aromatic N) is 2. The highest BCUT2D eigenvalue weighted by atomic mass is 19.4. The third-order valence-corrected chi connectivity index (χ3v) is 2.44. The average molecular weight is 268 g/mol. The van der Waals surface area contributed by atoms with Gasteiger partial charge in [0.25, 0.3) is 0 Å². The van der Waals surface area contributed by atoms with Crippen LogP contribution in [0, 0.1) is 0 Å². The summed E-state index contributed by atoms with van der Waals surface area (Å²) in [6.07, 6.45) is -2.95. The minimum Gasteiger partial charge on any atom is -0.384 e. The first-order valence-corrected chi connectivity index (χ1v) is 5.44. The highest BCUT2D eigenvalue weighted by Gasteiger charge is 2.32. The van der Waals surface area contributed by atoms with Gasteiger partial charge in [-0.05, 0) is 17.7 Å². The quantitative estimate of drug-likeness (QED) is 0.898. The number of nitrogens with one attached hydrogen (secondary N) is 1. The van der Waals surface area contributed by atoms with Gasteiger partial charge in [-0.25, -0.2) is 4.98 Å². The van der Waals surface area contributed by atoms with E-state index in [1.54, 1.807) is 6.07 Å². The SMILES string of the molecule is Nc1ccnc(NCc2ccccc2C(F)(F)F)n1. The first-order valence-electron chi connectivity index (χ1n) is 5.44. The fourth-order valence-electron chi connectivity index (χ4n) is 1.58. The number of rotatable bonds is 3. The molecule has 19 heavy (non-hydrogen) atoms. The van der Waals surface area contributed by atoms with E-state index in [-0.39, 0.29) is 23.9 Å². The van der Waals surface area contributed by atoms with E-state index in [1.807, 2.05) is 0 Å². The average Bonchev–Trinajstić information content (AvgIpc) is 2.36. The summed E-state index contributed by atoms with van der Waals surface area (Å²) < 4.78 is 38.3. The molecule has 1 aromatic carbocycles. The van der Waals surface area contributed by atoms with Crippen molar-refractivity contribution in [3.8, 4) is 0 Å². The van der Waals surface area contributed by atoms with Gasteiger partial charge in [-0.2, -0.15) is 18.2 Å². The number of nitrogen functional groups attached to an aromatic ring is 1. The molecule has 100 valence electrons. The number of aromatic nitrogens is 2. The largest absolute Gasteiger partial charge is 0.416 e. The summed E-state index contributed by atoms with van der Waals surface area (Å²) >= 11 is 0. The smallest absolute Gasteiger partial charge is 0.384 e. The molecular formula is C12H11F3N4. The zero-order chi connectivity index (χ0) is 13.9. The van der Waals surface area contributed by atoms with Crippen molar-refractivity contribution in [1.29, 1.82) is 0 Å². The van der Waals surface area contributed by atoms with E-state index in [9.17, 15) is 13.2 Å². The molecule has 0 amide bonds. The Balaban J connectivity index is 2.16. The van der Waals surface area contributed by atoms with Gasteiger partial charge in [0, 0.05) is 12.7 Å². The fourth-order valence-corrected chi connectivity index (χ4v) is 1.58. The van der Waals surface area contributed by atoms with Gasteiger partial charge in [0.05, 0.1) is 5.56 Å². The number of nitrogens with two attached hydrogens (primary N) is 1. The lowest BCUT2D eigenvalue weighted by Crippen LogP contribution is -2.12. The van der Waals surface area contributed by atoms with Crippen molar-refractivity contribution in [3.63, 3.8) is 0 Å². The molecule has 0 aliphatic heterocycles. The molecule has 0 bridgehead atoms. The fraction of sp³-hybridized carbons (Fsp3) is 0.167. The van der Waals surface area contributed by atoms with E-state index in [0.717, 1.165) is 6.07 Å². The molecule has 0 aliphatic carbocycles. The van der Waals surface area contributed by atoms with Crippen molar-refractivity contribution in [2.45, 2.75) is 12.7 Å². The Bertz CT molecular complexity index is 569. The molecule has 4 nitrogen and oxygen atoms in total. The Hall–Kier alpha value is -2.31. The molecule has 0 saturated carbocycles. The standard InChI is InChI=1S/C12H11F3N4/c13-12(14,15)9-4-2-1-3-8(9)7-18-11-17-6-5-10(16)19-11/h1-6H,7H2,(H3,16,17,18,19). The van der Waals surface area contributed by atoms with Gasteiger partial charge in [0.2, 0.25) is 5.95 Å². The summed E-state index contributed by atoms with van der Waals surface area (Å²) in [6.45, 7) is -0.0286. The maximum Gasteiger partial charge on any atom is 0.416 e. The minimum atomic E-state index is -4.38. The van der Waals surface area contributed by atoms with Crippen molar-refractivity contribution in [2.75, 3.05) is 11.1 Å². The molecule has 3 N–H and O–H groups in total. The lowest BCUT2D eigenvalue weighted by atomic mass is 10.1. The number of alkyl halides is 3. The molecule has 0 atom stereocenters. The Morgan fingerprint density at radius 3 is 2.58 bits per heavy atom. The topological polar surface area (TPSA) is 63.8 Å². The minimum absolute atomic E-state index is 0.0286. The van der Waals surface area contributed by atoms with Crippen LogP contribution in [0.15, 0.2) is 36.5 Å². The van der Waals surface area contributed by atoms with E-state index in [4.69, 9.17) is 5.73 Å². The molecule has 0 radical (unpaired) electrons. The monoisotopic (exact) mass is 268 g/mol. The van der Waals surface area contributed by atoms with Gasteiger partial charge in [-0.1, -0.05) is 18.2 Å². The molecule has 2 rings (SSSR count). The molecule has 2 aromatic rings.